The average Bonchev–Trinajstić information content (AvgIpc) is 2.50. The lowest BCUT2D eigenvalue weighted by Gasteiger charge is -2.15. The van der Waals surface area contributed by atoms with Gasteiger partial charge < -0.3 is 10.1 Å². The van der Waals surface area contributed by atoms with Crippen LogP contribution in [-0.2, 0) is 11.3 Å². The molecule has 1 N–H and O–H groups in total. The smallest absolute Gasteiger partial charge is 0.0733 e. The van der Waals surface area contributed by atoms with Crippen molar-refractivity contribution in [3.8, 4) is 0 Å². The van der Waals surface area contributed by atoms with Gasteiger partial charge in [0.1, 0.15) is 0 Å². The molecule has 0 spiro atoms. The standard InChI is InChI=1S/C18H23NO/c1-15(16-8-4-3-5-9-16)12-13-19-18-11-7-6-10-17(18)14-20-2/h3-11,15,19H,12-14H2,1-2H3. The molecule has 2 heteroatoms. The Balaban J connectivity index is 1.87. The lowest BCUT2D eigenvalue weighted by atomic mass is 9.98. The Kier molecular flexibility index (Phi) is 5.63. The fraction of sp³-hybridized carbons (Fsp3) is 0.333. The van der Waals surface area contributed by atoms with E-state index in [1.165, 1.54) is 16.8 Å². The molecule has 106 valence electrons. The molecule has 0 saturated heterocycles. The summed E-state index contributed by atoms with van der Waals surface area (Å²) in [4.78, 5) is 0. The summed E-state index contributed by atoms with van der Waals surface area (Å²) < 4.78 is 5.23. The first-order chi connectivity index (χ1) is 9.81. The van der Waals surface area contributed by atoms with Crippen LogP contribution in [0.15, 0.2) is 54.6 Å². The molecule has 0 heterocycles. The summed E-state index contributed by atoms with van der Waals surface area (Å²) in [6, 6.07) is 19.0. The van der Waals surface area contributed by atoms with Crippen LogP contribution in [0.2, 0.25) is 0 Å². The first kappa shape index (κ1) is 14.6. The van der Waals surface area contributed by atoms with Gasteiger partial charge in [-0.3, -0.25) is 0 Å². The van der Waals surface area contributed by atoms with E-state index in [0.717, 1.165) is 13.0 Å². The number of ether oxygens (including phenoxy) is 1. The summed E-state index contributed by atoms with van der Waals surface area (Å²) in [5, 5.41) is 3.52. The number of anilines is 1. The van der Waals surface area contributed by atoms with Crippen molar-refractivity contribution in [1.82, 2.24) is 0 Å². The van der Waals surface area contributed by atoms with Crippen LogP contribution in [-0.4, -0.2) is 13.7 Å². The van der Waals surface area contributed by atoms with Crippen LogP contribution >= 0.6 is 0 Å². The van der Waals surface area contributed by atoms with Crippen LogP contribution in [0.3, 0.4) is 0 Å². The van der Waals surface area contributed by atoms with Gasteiger partial charge in [-0.2, -0.15) is 0 Å². The highest BCUT2D eigenvalue weighted by molar-refractivity contribution is 5.50. The second kappa shape index (κ2) is 7.71. The fourth-order valence-corrected chi connectivity index (χ4v) is 2.35. The highest BCUT2D eigenvalue weighted by atomic mass is 16.5. The molecule has 0 aliphatic rings. The molecular formula is C18H23NO. The quantitative estimate of drug-likeness (QED) is 0.802. The van der Waals surface area contributed by atoms with Gasteiger partial charge in [-0.1, -0.05) is 55.5 Å². The van der Waals surface area contributed by atoms with Crippen molar-refractivity contribution in [3.63, 3.8) is 0 Å². The molecule has 20 heavy (non-hydrogen) atoms. The Hall–Kier alpha value is -1.80. The van der Waals surface area contributed by atoms with Crippen molar-refractivity contribution in [2.45, 2.75) is 25.9 Å². The Bertz CT molecular complexity index is 510. The minimum atomic E-state index is 0.568. The van der Waals surface area contributed by atoms with E-state index in [1.807, 2.05) is 6.07 Å². The monoisotopic (exact) mass is 269 g/mol. The van der Waals surface area contributed by atoms with Gasteiger partial charge in [0.15, 0.2) is 0 Å². The van der Waals surface area contributed by atoms with Crippen molar-refractivity contribution >= 4 is 5.69 Å². The largest absolute Gasteiger partial charge is 0.385 e. The number of hydrogen-bond acceptors (Lipinski definition) is 2. The fourth-order valence-electron chi connectivity index (χ4n) is 2.35. The van der Waals surface area contributed by atoms with Crippen molar-refractivity contribution in [2.24, 2.45) is 0 Å². The maximum Gasteiger partial charge on any atom is 0.0733 e. The van der Waals surface area contributed by atoms with E-state index in [2.05, 4.69) is 60.8 Å². The second-order valence-corrected chi connectivity index (χ2v) is 5.12. The van der Waals surface area contributed by atoms with E-state index in [0.29, 0.717) is 12.5 Å². The molecule has 0 amide bonds. The molecule has 0 aliphatic carbocycles. The molecule has 0 fully saturated rings. The third-order valence-corrected chi connectivity index (χ3v) is 3.58. The molecule has 0 radical (unpaired) electrons. The zero-order valence-corrected chi connectivity index (χ0v) is 12.3. The molecule has 2 aromatic rings. The first-order valence-corrected chi connectivity index (χ1v) is 7.17. The van der Waals surface area contributed by atoms with Gasteiger partial charge in [0.2, 0.25) is 0 Å². The minimum absolute atomic E-state index is 0.568. The maximum absolute atomic E-state index is 5.23. The van der Waals surface area contributed by atoms with E-state index < -0.39 is 0 Å². The molecule has 0 bridgehead atoms. The molecule has 1 atom stereocenters. The average molecular weight is 269 g/mol. The number of nitrogens with one attached hydrogen (secondary N) is 1. The van der Waals surface area contributed by atoms with Crippen molar-refractivity contribution in [3.05, 3.63) is 65.7 Å². The third kappa shape index (κ3) is 4.10. The zero-order valence-electron chi connectivity index (χ0n) is 12.3. The van der Waals surface area contributed by atoms with E-state index in [-0.39, 0.29) is 0 Å². The SMILES string of the molecule is COCc1ccccc1NCCC(C)c1ccccc1. The maximum atomic E-state index is 5.23. The lowest BCUT2D eigenvalue weighted by Crippen LogP contribution is -2.08. The van der Waals surface area contributed by atoms with Gasteiger partial charge in [0.25, 0.3) is 0 Å². The van der Waals surface area contributed by atoms with Crippen molar-refractivity contribution < 1.29 is 4.74 Å². The van der Waals surface area contributed by atoms with Crippen LogP contribution in [0.5, 0.6) is 0 Å². The van der Waals surface area contributed by atoms with Crippen molar-refractivity contribution in [2.75, 3.05) is 19.0 Å². The number of rotatable bonds is 7. The predicted octanol–water partition coefficient (Wildman–Crippen LogP) is 4.44. The Morgan fingerprint density at radius 3 is 2.45 bits per heavy atom. The number of methoxy groups -OCH3 is 1. The molecule has 2 aromatic carbocycles. The second-order valence-electron chi connectivity index (χ2n) is 5.12. The molecule has 2 rings (SSSR count). The minimum Gasteiger partial charge on any atom is -0.385 e. The molecule has 0 aromatic heterocycles. The van der Waals surface area contributed by atoms with Crippen LogP contribution in [0.1, 0.15) is 30.4 Å². The van der Waals surface area contributed by atoms with Crippen LogP contribution < -0.4 is 5.32 Å². The van der Waals surface area contributed by atoms with E-state index in [4.69, 9.17) is 4.74 Å². The summed E-state index contributed by atoms with van der Waals surface area (Å²) in [5.74, 6) is 0.568. The first-order valence-electron chi connectivity index (χ1n) is 7.17. The summed E-state index contributed by atoms with van der Waals surface area (Å²) in [7, 11) is 1.73. The van der Waals surface area contributed by atoms with Gasteiger partial charge in [0.05, 0.1) is 6.61 Å². The Labute approximate surface area is 121 Å². The van der Waals surface area contributed by atoms with E-state index in [1.54, 1.807) is 7.11 Å². The lowest BCUT2D eigenvalue weighted by molar-refractivity contribution is 0.185. The van der Waals surface area contributed by atoms with Crippen LogP contribution in [0, 0.1) is 0 Å². The molecule has 2 nitrogen and oxygen atoms in total. The van der Waals surface area contributed by atoms with E-state index in [9.17, 15) is 0 Å². The van der Waals surface area contributed by atoms with Gasteiger partial charge in [-0.25, -0.2) is 0 Å². The number of benzene rings is 2. The summed E-state index contributed by atoms with van der Waals surface area (Å²) >= 11 is 0. The van der Waals surface area contributed by atoms with E-state index >= 15 is 0 Å². The van der Waals surface area contributed by atoms with Gasteiger partial charge in [-0.15, -0.1) is 0 Å². The molecular weight excluding hydrogens is 246 g/mol. The van der Waals surface area contributed by atoms with Gasteiger partial charge in [-0.05, 0) is 24.0 Å². The Morgan fingerprint density at radius 1 is 1.00 bits per heavy atom. The number of para-hydroxylation sites is 1. The molecule has 0 saturated carbocycles. The zero-order chi connectivity index (χ0) is 14.2. The van der Waals surface area contributed by atoms with Crippen molar-refractivity contribution in [1.29, 1.82) is 0 Å². The highest BCUT2D eigenvalue weighted by Gasteiger charge is 2.05. The summed E-state index contributed by atoms with van der Waals surface area (Å²) in [5.41, 5.74) is 3.79. The summed E-state index contributed by atoms with van der Waals surface area (Å²) in [6.45, 7) is 3.90. The normalized spacial score (nSPS) is 12.1. The topological polar surface area (TPSA) is 21.3 Å². The third-order valence-electron chi connectivity index (χ3n) is 3.58. The molecule has 0 aliphatic heterocycles. The van der Waals surface area contributed by atoms with Gasteiger partial charge in [0, 0.05) is 24.9 Å². The van der Waals surface area contributed by atoms with Crippen LogP contribution in [0.4, 0.5) is 5.69 Å². The molecule has 1 unspecified atom stereocenters. The highest BCUT2D eigenvalue weighted by Crippen LogP contribution is 2.20. The number of hydrogen-bond donors (Lipinski definition) is 1. The predicted molar refractivity (Wildman–Crippen MR) is 85.1 cm³/mol. The Morgan fingerprint density at radius 2 is 1.70 bits per heavy atom. The van der Waals surface area contributed by atoms with Gasteiger partial charge >= 0.3 is 0 Å². The van der Waals surface area contributed by atoms with Crippen LogP contribution in [0.25, 0.3) is 0 Å². The summed E-state index contributed by atoms with van der Waals surface area (Å²) in [6.07, 6.45) is 1.12.